The highest BCUT2D eigenvalue weighted by molar-refractivity contribution is 14.0. The molecule has 0 fully saturated rings. The number of methoxy groups -OCH3 is 1. The molecule has 0 aliphatic heterocycles. The van der Waals surface area contributed by atoms with E-state index in [1.807, 2.05) is 48.5 Å². The maximum absolute atomic E-state index is 5.87. The van der Waals surface area contributed by atoms with Gasteiger partial charge in [0.05, 0.1) is 11.6 Å². The number of halogens is 2. The quantitative estimate of drug-likeness (QED) is 0.389. The highest BCUT2D eigenvalue weighted by atomic mass is 127. The van der Waals surface area contributed by atoms with E-state index in [9.17, 15) is 0 Å². The molecule has 0 radical (unpaired) electrons. The summed E-state index contributed by atoms with van der Waals surface area (Å²) in [6, 6.07) is 15.7. The Morgan fingerprint density at radius 3 is 2.59 bits per heavy atom. The molecule has 0 heterocycles. The van der Waals surface area contributed by atoms with Crippen molar-refractivity contribution in [2.75, 3.05) is 19.0 Å². The van der Waals surface area contributed by atoms with E-state index in [-0.39, 0.29) is 24.0 Å². The summed E-state index contributed by atoms with van der Waals surface area (Å²) < 4.78 is 6.33. The summed E-state index contributed by atoms with van der Waals surface area (Å²) >= 11 is 3.47. The monoisotopic (exact) mass is 475 g/mol. The average molecular weight is 476 g/mol. The van der Waals surface area contributed by atoms with Crippen LogP contribution in [0.4, 0.5) is 5.69 Å². The summed E-state index contributed by atoms with van der Waals surface area (Å²) in [6.07, 6.45) is 0.764. The molecule has 0 aromatic heterocycles. The fourth-order valence-corrected chi connectivity index (χ4v) is 2.55. The Hall–Kier alpha value is -1.28. The standard InChI is InChI=1S/C16H18BrN3O.HI/c1-21-15-12(6-5-9-14(15)17)10-11-19-16(18)20-13-7-3-2-4-8-13;/h2-9H,10-11H2,1H3,(H3,18,19,20);1H. The van der Waals surface area contributed by atoms with E-state index >= 15 is 0 Å². The fraction of sp³-hybridized carbons (Fsp3) is 0.188. The minimum atomic E-state index is 0. The molecule has 22 heavy (non-hydrogen) atoms. The summed E-state index contributed by atoms with van der Waals surface area (Å²) in [5.41, 5.74) is 7.90. The molecule has 118 valence electrons. The minimum Gasteiger partial charge on any atom is -0.495 e. The van der Waals surface area contributed by atoms with Crippen LogP contribution >= 0.6 is 39.9 Å². The molecular weight excluding hydrogens is 457 g/mol. The Kier molecular flexibility index (Phi) is 8.26. The summed E-state index contributed by atoms with van der Waals surface area (Å²) in [4.78, 5) is 4.33. The van der Waals surface area contributed by atoms with Gasteiger partial charge in [0.2, 0.25) is 0 Å². The van der Waals surface area contributed by atoms with Gasteiger partial charge in [0.1, 0.15) is 5.75 Å². The van der Waals surface area contributed by atoms with Gasteiger partial charge in [0.15, 0.2) is 5.96 Å². The zero-order chi connectivity index (χ0) is 15.1. The van der Waals surface area contributed by atoms with Crippen molar-refractivity contribution in [2.45, 2.75) is 6.42 Å². The van der Waals surface area contributed by atoms with Crippen LogP contribution in [0.3, 0.4) is 0 Å². The second-order valence-electron chi connectivity index (χ2n) is 4.44. The number of nitrogens with two attached hydrogens (primary N) is 1. The lowest BCUT2D eigenvalue weighted by molar-refractivity contribution is 0.407. The number of anilines is 1. The molecule has 0 spiro atoms. The predicted molar refractivity (Wildman–Crippen MR) is 106 cm³/mol. The van der Waals surface area contributed by atoms with Gasteiger partial charge in [-0.25, -0.2) is 0 Å². The second-order valence-corrected chi connectivity index (χ2v) is 5.29. The van der Waals surface area contributed by atoms with Crippen LogP contribution in [-0.4, -0.2) is 19.6 Å². The molecule has 3 N–H and O–H groups in total. The molecule has 2 rings (SSSR count). The van der Waals surface area contributed by atoms with E-state index < -0.39 is 0 Å². The van der Waals surface area contributed by atoms with Crippen LogP contribution in [0.5, 0.6) is 5.75 Å². The van der Waals surface area contributed by atoms with Crippen molar-refractivity contribution in [3.05, 3.63) is 58.6 Å². The molecule has 0 bridgehead atoms. The molecular formula is C16H19BrIN3O. The van der Waals surface area contributed by atoms with Crippen molar-refractivity contribution >= 4 is 51.6 Å². The third-order valence-corrected chi connectivity index (χ3v) is 3.59. The third-order valence-electron chi connectivity index (χ3n) is 2.96. The van der Waals surface area contributed by atoms with E-state index in [0.717, 1.165) is 27.9 Å². The van der Waals surface area contributed by atoms with Gasteiger partial charge in [-0.05, 0) is 46.1 Å². The second kappa shape index (κ2) is 9.68. The lowest BCUT2D eigenvalue weighted by atomic mass is 10.1. The molecule has 0 saturated carbocycles. The van der Waals surface area contributed by atoms with Gasteiger partial charge in [-0.2, -0.15) is 0 Å². The molecule has 2 aromatic rings. The Labute approximate surface area is 156 Å². The van der Waals surface area contributed by atoms with Crippen molar-refractivity contribution in [3.63, 3.8) is 0 Å². The third kappa shape index (κ3) is 5.49. The molecule has 0 amide bonds. The molecule has 4 nitrogen and oxygen atoms in total. The number of guanidine groups is 1. The summed E-state index contributed by atoms with van der Waals surface area (Å²) in [6.45, 7) is 0.596. The topological polar surface area (TPSA) is 59.6 Å². The molecule has 0 saturated heterocycles. The van der Waals surface area contributed by atoms with Gasteiger partial charge in [-0.1, -0.05) is 30.3 Å². The highest BCUT2D eigenvalue weighted by Crippen LogP contribution is 2.28. The van der Waals surface area contributed by atoms with Crippen LogP contribution in [0.1, 0.15) is 5.56 Å². The molecule has 6 heteroatoms. The molecule has 2 aromatic carbocycles. The number of nitrogens with one attached hydrogen (secondary N) is 1. The average Bonchev–Trinajstić information content (AvgIpc) is 2.48. The van der Waals surface area contributed by atoms with Crippen LogP contribution in [0.25, 0.3) is 0 Å². The Bertz CT molecular complexity index is 620. The van der Waals surface area contributed by atoms with Crippen LogP contribution in [-0.2, 0) is 6.42 Å². The highest BCUT2D eigenvalue weighted by Gasteiger charge is 2.06. The zero-order valence-corrected chi connectivity index (χ0v) is 16.2. The number of para-hydroxylation sites is 2. The van der Waals surface area contributed by atoms with Crippen molar-refractivity contribution in [2.24, 2.45) is 10.7 Å². The Balaban J connectivity index is 0.00000242. The van der Waals surface area contributed by atoms with Gasteiger partial charge < -0.3 is 15.8 Å². The fourth-order valence-electron chi connectivity index (χ4n) is 1.98. The van der Waals surface area contributed by atoms with Gasteiger partial charge in [-0.3, -0.25) is 4.99 Å². The van der Waals surface area contributed by atoms with E-state index in [1.54, 1.807) is 7.11 Å². The SMILES string of the molecule is COc1c(Br)cccc1CCN=C(N)Nc1ccccc1.I. The normalized spacial score (nSPS) is 10.7. The predicted octanol–water partition coefficient (Wildman–Crippen LogP) is 4.05. The Morgan fingerprint density at radius 1 is 1.18 bits per heavy atom. The number of benzene rings is 2. The lowest BCUT2D eigenvalue weighted by Gasteiger charge is -2.09. The van der Waals surface area contributed by atoms with Crippen molar-refractivity contribution in [1.29, 1.82) is 0 Å². The number of hydrogen-bond acceptors (Lipinski definition) is 2. The van der Waals surface area contributed by atoms with E-state index in [1.165, 1.54) is 0 Å². The van der Waals surface area contributed by atoms with Crippen LogP contribution in [0.15, 0.2) is 58.0 Å². The first-order chi connectivity index (χ1) is 10.2. The number of ether oxygens (including phenoxy) is 1. The minimum absolute atomic E-state index is 0. The first kappa shape index (κ1) is 18.8. The van der Waals surface area contributed by atoms with E-state index in [4.69, 9.17) is 10.5 Å². The smallest absolute Gasteiger partial charge is 0.193 e. The zero-order valence-electron chi connectivity index (χ0n) is 12.3. The molecule has 0 aliphatic rings. The van der Waals surface area contributed by atoms with Crippen LogP contribution in [0, 0.1) is 0 Å². The van der Waals surface area contributed by atoms with E-state index in [2.05, 4.69) is 26.2 Å². The van der Waals surface area contributed by atoms with Crippen LogP contribution < -0.4 is 15.8 Å². The van der Waals surface area contributed by atoms with E-state index in [0.29, 0.717) is 12.5 Å². The summed E-state index contributed by atoms with van der Waals surface area (Å²) in [5.74, 6) is 1.26. The molecule has 0 aliphatic carbocycles. The Morgan fingerprint density at radius 2 is 1.91 bits per heavy atom. The first-order valence-electron chi connectivity index (χ1n) is 6.64. The van der Waals surface area contributed by atoms with Gasteiger partial charge in [-0.15, -0.1) is 24.0 Å². The molecule has 0 atom stereocenters. The number of rotatable bonds is 5. The maximum atomic E-state index is 5.87. The maximum Gasteiger partial charge on any atom is 0.193 e. The van der Waals surface area contributed by atoms with Gasteiger partial charge in [0.25, 0.3) is 0 Å². The molecule has 0 unspecified atom stereocenters. The lowest BCUT2D eigenvalue weighted by Crippen LogP contribution is -2.23. The number of hydrogen-bond donors (Lipinski definition) is 2. The van der Waals surface area contributed by atoms with Gasteiger partial charge in [0, 0.05) is 12.2 Å². The summed E-state index contributed by atoms with van der Waals surface area (Å²) in [5, 5.41) is 3.06. The van der Waals surface area contributed by atoms with Gasteiger partial charge >= 0.3 is 0 Å². The van der Waals surface area contributed by atoms with Crippen molar-refractivity contribution < 1.29 is 4.74 Å². The van der Waals surface area contributed by atoms with Crippen molar-refractivity contribution in [1.82, 2.24) is 0 Å². The van der Waals surface area contributed by atoms with Crippen LogP contribution in [0.2, 0.25) is 0 Å². The summed E-state index contributed by atoms with van der Waals surface area (Å²) in [7, 11) is 1.66. The first-order valence-corrected chi connectivity index (χ1v) is 7.43. The largest absolute Gasteiger partial charge is 0.495 e. The number of nitrogens with zero attached hydrogens (tertiary/aromatic N) is 1. The van der Waals surface area contributed by atoms with Crippen molar-refractivity contribution in [3.8, 4) is 5.75 Å². The number of aliphatic imine (C=N–C) groups is 1.